The second-order valence-corrected chi connectivity index (χ2v) is 5.92. The molecule has 8 nitrogen and oxygen atoms in total. The van der Waals surface area contributed by atoms with Gasteiger partial charge >= 0.3 is 5.97 Å². The van der Waals surface area contributed by atoms with Crippen LogP contribution in [-0.2, 0) is 4.74 Å². The molecule has 2 heterocycles. The van der Waals surface area contributed by atoms with Crippen molar-refractivity contribution in [2.75, 3.05) is 12.4 Å². The predicted molar refractivity (Wildman–Crippen MR) is 102 cm³/mol. The molecule has 0 fully saturated rings. The van der Waals surface area contributed by atoms with E-state index in [2.05, 4.69) is 20.5 Å². The summed E-state index contributed by atoms with van der Waals surface area (Å²) in [4.78, 5) is 28.3. The van der Waals surface area contributed by atoms with Crippen molar-refractivity contribution >= 4 is 23.3 Å². The molecule has 0 unspecified atom stereocenters. The summed E-state index contributed by atoms with van der Waals surface area (Å²) in [5.74, 6) is 0.391. The number of aromatic nitrogens is 4. The number of anilines is 1. The van der Waals surface area contributed by atoms with Crippen molar-refractivity contribution in [3.63, 3.8) is 0 Å². The number of fused-ring (bicyclic) bond motifs is 1. The molecule has 0 saturated heterocycles. The summed E-state index contributed by atoms with van der Waals surface area (Å²) in [7, 11) is 1.31. The normalized spacial score (nSPS) is 10.6. The number of esters is 1. The highest BCUT2D eigenvalue weighted by Gasteiger charge is 2.12. The van der Waals surface area contributed by atoms with Gasteiger partial charge in [-0.15, -0.1) is 10.2 Å². The van der Waals surface area contributed by atoms with E-state index in [9.17, 15) is 9.59 Å². The third kappa shape index (κ3) is 3.30. The zero-order valence-electron chi connectivity index (χ0n) is 14.9. The lowest BCUT2D eigenvalue weighted by atomic mass is 10.1. The summed E-state index contributed by atoms with van der Waals surface area (Å²) in [5.41, 5.74) is 2.15. The van der Waals surface area contributed by atoms with Crippen LogP contribution in [-0.4, -0.2) is 38.6 Å². The number of nitrogens with one attached hydrogen (secondary N) is 1. The van der Waals surface area contributed by atoms with E-state index in [0.29, 0.717) is 28.4 Å². The van der Waals surface area contributed by atoms with Gasteiger partial charge < -0.3 is 10.1 Å². The average Bonchev–Trinajstić information content (AvgIpc) is 3.17. The molecule has 0 bridgehead atoms. The fourth-order valence-corrected chi connectivity index (χ4v) is 2.76. The second kappa shape index (κ2) is 7.28. The maximum absolute atomic E-state index is 12.5. The Hall–Kier alpha value is -4.07. The lowest BCUT2D eigenvalue weighted by molar-refractivity contribution is 0.0600. The van der Waals surface area contributed by atoms with Crippen LogP contribution in [0, 0.1) is 0 Å². The zero-order valence-corrected chi connectivity index (χ0v) is 14.9. The van der Waals surface area contributed by atoms with Crippen LogP contribution < -0.4 is 5.32 Å². The van der Waals surface area contributed by atoms with Crippen molar-refractivity contribution in [3.8, 4) is 11.4 Å². The molecule has 2 aromatic carbocycles. The molecule has 4 aromatic rings. The van der Waals surface area contributed by atoms with E-state index in [4.69, 9.17) is 4.74 Å². The summed E-state index contributed by atoms with van der Waals surface area (Å²) in [6, 6.07) is 15.3. The quantitative estimate of drug-likeness (QED) is 0.552. The number of nitrogens with zero attached hydrogens (tertiary/aromatic N) is 4. The van der Waals surface area contributed by atoms with Gasteiger partial charge in [0.15, 0.2) is 5.82 Å². The number of amides is 1. The Balaban J connectivity index is 1.54. The number of carbonyl (C=O) groups excluding carboxylic acids is 2. The molecule has 0 aliphatic rings. The summed E-state index contributed by atoms with van der Waals surface area (Å²) in [6.07, 6.45) is 3.48. The molecule has 0 aliphatic heterocycles. The molecular weight excluding hydrogens is 358 g/mol. The first-order chi connectivity index (χ1) is 13.7. The van der Waals surface area contributed by atoms with E-state index >= 15 is 0 Å². The first kappa shape index (κ1) is 17.3. The molecule has 28 heavy (non-hydrogen) atoms. The molecule has 138 valence electrons. The van der Waals surface area contributed by atoms with Crippen LogP contribution in [0.1, 0.15) is 20.7 Å². The number of ether oxygens (including phenoxy) is 1. The monoisotopic (exact) mass is 373 g/mol. The SMILES string of the molecule is COC(=O)c1cccc(NC(=O)c2ccc(-c3nnc4ncccn34)cc2)c1. The number of benzene rings is 2. The van der Waals surface area contributed by atoms with Crippen molar-refractivity contribution in [1.29, 1.82) is 0 Å². The Labute approximate surface area is 159 Å². The predicted octanol–water partition coefficient (Wildman–Crippen LogP) is 2.83. The molecule has 4 rings (SSSR count). The third-order valence-electron chi connectivity index (χ3n) is 4.14. The van der Waals surface area contributed by atoms with Crippen LogP contribution in [0.2, 0.25) is 0 Å². The van der Waals surface area contributed by atoms with Crippen LogP contribution in [0.3, 0.4) is 0 Å². The summed E-state index contributed by atoms with van der Waals surface area (Å²) < 4.78 is 6.46. The van der Waals surface area contributed by atoms with Gasteiger partial charge in [-0.25, -0.2) is 9.78 Å². The van der Waals surface area contributed by atoms with Gasteiger partial charge in [-0.05, 0) is 36.4 Å². The topological polar surface area (TPSA) is 98.5 Å². The number of rotatable bonds is 4. The smallest absolute Gasteiger partial charge is 0.337 e. The Morgan fingerprint density at radius 1 is 1.00 bits per heavy atom. The second-order valence-electron chi connectivity index (χ2n) is 5.92. The van der Waals surface area contributed by atoms with Gasteiger partial charge in [0.25, 0.3) is 11.7 Å². The number of methoxy groups -OCH3 is 1. The summed E-state index contributed by atoms with van der Waals surface area (Å²) in [6.45, 7) is 0. The van der Waals surface area contributed by atoms with Gasteiger partial charge in [-0.3, -0.25) is 9.20 Å². The maximum Gasteiger partial charge on any atom is 0.337 e. The van der Waals surface area contributed by atoms with Crippen molar-refractivity contribution in [2.24, 2.45) is 0 Å². The summed E-state index contributed by atoms with van der Waals surface area (Å²) in [5, 5.41) is 10.9. The van der Waals surface area contributed by atoms with Crippen LogP contribution >= 0.6 is 0 Å². The van der Waals surface area contributed by atoms with Gasteiger partial charge in [0.2, 0.25) is 0 Å². The fraction of sp³-hybridized carbons (Fsp3) is 0.0500. The highest BCUT2D eigenvalue weighted by molar-refractivity contribution is 6.05. The molecule has 0 radical (unpaired) electrons. The van der Waals surface area contributed by atoms with Crippen molar-refractivity contribution in [1.82, 2.24) is 19.6 Å². The molecular formula is C20H15N5O3. The maximum atomic E-state index is 12.5. The highest BCUT2D eigenvalue weighted by Crippen LogP contribution is 2.19. The van der Waals surface area contributed by atoms with E-state index in [0.717, 1.165) is 5.56 Å². The third-order valence-corrected chi connectivity index (χ3v) is 4.14. The number of carbonyl (C=O) groups is 2. The largest absolute Gasteiger partial charge is 0.465 e. The molecule has 0 saturated carbocycles. The minimum atomic E-state index is -0.463. The highest BCUT2D eigenvalue weighted by atomic mass is 16.5. The Morgan fingerprint density at radius 3 is 2.61 bits per heavy atom. The van der Waals surface area contributed by atoms with Crippen LogP contribution in [0.15, 0.2) is 67.0 Å². The first-order valence-corrected chi connectivity index (χ1v) is 8.41. The number of hydrogen-bond donors (Lipinski definition) is 1. The first-order valence-electron chi connectivity index (χ1n) is 8.41. The number of hydrogen-bond acceptors (Lipinski definition) is 6. The van der Waals surface area contributed by atoms with Crippen molar-refractivity contribution < 1.29 is 14.3 Å². The molecule has 1 N–H and O–H groups in total. The van der Waals surface area contributed by atoms with Crippen LogP contribution in [0.4, 0.5) is 5.69 Å². The fourth-order valence-electron chi connectivity index (χ4n) is 2.76. The van der Waals surface area contributed by atoms with E-state index in [1.54, 1.807) is 65.2 Å². The molecule has 0 aliphatic carbocycles. The Kier molecular flexibility index (Phi) is 4.51. The zero-order chi connectivity index (χ0) is 19.5. The van der Waals surface area contributed by atoms with Crippen molar-refractivity contribution in [2.45, 2.75) is 0 Å². The van der Waals surface area contributed by atoms with Crippen molar-refractivity contribution in [3.05, 3.63) is 78.1 Å². The molecule has 8 heteroatoms. The molecule has 1 amide bonds. The van der Waals surface area contributed by atoms with Crippen LogP contribution in [0.25, 0.3) is 17.2 Å². The van der Waals surface area contributed by atoms with Gasteiger partial charge in [-0.1, -0.05) is 18.2 Å². The Morgan fingerprint density at radius 2 is 1.82 bits per heavy atom. The van der Waals surface area contributed by atoms with E-state index in [1.807, 2.05) is 6.20 Å². The van der Waals surface area contributed by atoms with Crippen LogP contribution in [0.5, 0.6) is 0 Å². The minimum Gasteiger partial charge on any atom is -0.465 e. The molecule has 2 aromatic heterocycles. The molecule has 0 spiro atoms. The minimum absolute atomic E-state index is 0.290. The van der Waals surface area contributed by atoms with Gasteiger partial charge in [0.05, 0.1) is 12.7 Å². The average molecular weight is 373 g/mol. The van der Waals surface area contributed by atoms with Gasteiger partial charge in [0.1, 0.15) is 0 Å². The van der Waals surface area contributed by atoms with Gasteiger partial charge in [0, 0.05) is 29.2 Å². The molecule has 0 atom stereocenters. The van der Waals surface area contributed by atoms with E-state index in [-0.39, 0.29) is 5.91 Å². The van der Waals surface area contributed by atoms with Gasteiger partial charge in [-0.2, -0.15) is 0 Å². The van der Waals surface area contributed by atoms with E-state index < -0.39 is 5.97 Å². The summed E-state index contributed by atoms with van der Waals surface area (Å²) >= 11 is 0. The standard InChI is InChI=1S/C20H15N5O3/c1-28-19(27)15-4-2-5-16(12-15)22-18(26)14-8-6-13(7-9-14)17-23-24-20-21-10-3-11-25(17)20/h2-12H,1H3,(H,22,26). The van der Waals surface area contributed by atoms with E-state index in [1.165, 1.54) is 7.11 Å². The lowest BCUT2D eigenvalue weighted by Gasteiger charge is -2.07. The lowest BCUT2D eigenvalue weighted by Crippen LogP contribution is -2.12. The Bertz CT molecular complexity index is 1170.